The Kier molecular flexibility index (Phi) is 3.92. The first-order valence-corrected chi connectivity index (χ1v) is 5.85. The molecule has 0 aliphatic rings. The maximum Gasteiger partial charge on any atom is 0.248 e. The molecule has 0 bridgehead atoms. The number of carbonyl (C=O) groups excluding carboxylic acids is 1. The van der Waals surface area contributed by atoms with Crippen LogP contribution in [0.2, 0.25) is 0 Å². The summed E-state index contributed by atoms with van der Waals surface area (Å²) >= 11 is 0. The summed E-state index contributed by atoms with van der Waals surface area (Å²) in [6.07, 6.45) is 3.35. The number of benzene rings is 2. The lowest BCUT2D eigenvalue weighted by Gasteiger charge is -2.00. The van der Waals surface area contributed by atoms with Crippen molar-refractivity contribution in [2.75, 3.05) is 5.32 Å². The summed E-state index contributed by atoms with van der Waals surface area (Å²) in [7, 11) is 0. The van der Waals surface area contributed by atoms with Gasteiger partial charge in [-0.15, -0.1) is 0 Å². The van der Waals surface area contributed by atoms with Gasteiger partial charge in [-0.1, -0.05) is 48.0 Å². The van der Waals surface area contributed by atoms with Gasteiger partial charge in [-0.25, -0.2) is 0 Å². The van der Waals surface area contributed by atoms with Gasteiger partial charge in [-0.05, 0) is 30.7 Å². The molecule has 2 aromatic carbocycles. The SMILES string of the molecule is Cc1cccc(/C=C\C(=O)Nc2ccccc2)c1. The minimum absolute atomic E-state index is 0.122. The van der Waals surface area contributed by atoms with E-state index < -0.39 is 0 Å². The van der Waals surface area contributed by atoms with Crippen molar-refractivity contribution in [3.05, 3.63) is 71.8 Å². The monoisotopic (exact) mass is 237 g/mol. The van der Waals surface area contributed by atoms with Crippen LogP contribution in [0.15, 0.2) is 60.7 Å². The average Bonchev–Trinajstić information content (AvgIpc) is 2.38. The van der Waals surface area contributed by atoms with Crippen LogP contribution in [0.25, 0.3) is 6.08 Å². The van der Waals surface area contributed by atoms with Crippen LogP contribution >= 0.6 is 0 Å². The topological polar surface area (TPSA) is 29.1 Å². The van der Waals surface area contributed by atoms with Gasteiger partial charge in [0, 0.05) is 11.8 Å². The quantitative estimate of drug-likeness (QED) is 0.811. The first kappa shape index (κ1) is 12.1. The molecule has 0 fully saturated rings. The van der Waals surface area contributed by atoms with Crippen LogP contribution in [-0.4, -0.2) is 5.91 Å². The second kappa shape index (κ2) is 5.82. The van der Waals surface area contributed by atoms with E-state index in [2.05, 4.69) is 5.32 Å². The minimum Gasteiger partial charge on any atom is -0.323 e. The molecule has 0 saturated carbocycles. The van der Waals surface area contributed by atoms with Crippen molar-refractivity contribution in [2.45, 2.75) is 6.92 Å². The first-order valence-electron chi connectivity index (χ1n) is 5.85. The van der Waals surface area contributed by atoms with E-state index in [9.17, 15) is 4.79 Å². The zero-order valence-electron chi connectivity index (χ0n) is 10.3. The molecule has 18 heavy (non-hydrogen) atoms. The third-order valence-corrected chi connectivity index (χ3v) is 2.51. The first-order chi connectivity index (χ1) is 8.74. The normalized spacial score (nSPS) is 10.5. The molecule has 1 amide bonds. The maximum atomic E-state index is 11.7. The van der Waals surface area contributed by atoms with Crippen molar-refractivity contribution in [3.63, 3.8) is 0 Å². The Morgan fingerprint density at radius 2 is 1.83 bits per heavy atom. The molecule has 0 saturated heterocycles. The van der Waals surface area contributed by atoms with E-state index in [1.807, 2.05) is 67.6 Å². The van der Waals surface area contributed by atoms with Crippen LogP contribution in [0.5, 0.6) is 0 Å². The molecule has 0 aliphatic heterocycles. The van der Waals surface area contributed by atoms with Gasteiger partial charge in [0.25, 0.3) is 0 Å². The van der Waals surface area contributed by atoms with Gasteiger partial charge in [0.05, 0.1) is 0 Å². The number of nitrogens with one attached hydrogen (secondary N) is 1. The smallest absolute Gasteiger partial charge is 0.248 e. The number of hydrogen-bond acceptors (Lipinski definition) is 1. The van der Waals surface area contributed by atoms with E-state index in [-0.39, 0.29) is 5.91 Å². The van der Waals surface area contributed by atoms with Gasteiger partial charge < -0.3 is 5.32 Å². The molecule has 0 spiro atoms. The number of carbonyl (C=O) groups is 1. The van der Waals surface area contributed by atoms with Crippen molar-refractivity contribution in [1.82, 2.24) is 0 Å². The average molecular weight is 237 g/mol. The van der Waals surface area contributed by atoms with E-state index in [0.717, 1.165) is 11.3 Å². The molecule has 0 radical (unpaired) electrons. The summed E-state index contributed by atoms with van der Waals surface area (Å²) in [5, 5.41) is 2.80. The third-order valence-electron chi connectivity index (χ3n) is 2.51. The Balaban J connectivity index is 1.99. The fraction of sp³-hybridized carbons (Fsp3) is 0.0625. The molecule has 2 nitrogen and oxygen atoms in total. The van der Waals surface area contributed by atoms with Crippen molar-refractivity contribution in [1.29, 1.82) is 0 Å². The molecule has 1 N–H and O–H groups in total. The van der Waals surface area contributed by atoms with Crippen LogP contribution < -0.4 is 5.32 Å². The van der Waals surface area contributed by atoms with Crippen LogP contribution in [-0.2, 0) is 4.79 Å². The van der Waals surface area contributed by atoms with Crippen molar-refractivity contribution >= 4 is 17.7 Å². The van der Waals surface area contributed by atoms with Crippen LogP contribution in [0.1, 0.15) is 11.1 Å². The van der Waals surface area contributed by atoms with Crippen LogP contribution in [0.4, 0.5) is 5.69 Å². The zero-order chi connectivity index (χ0) is 12.8. The molecule has 0 aromatic heterocycles. The highest BCUT2D eigenvalue weighted by atomic mass is 16.1. The summed E-state index contributed by atoms with van der Waals surface area (Å²) in [5.74, 6) is -0.122. The van der Waals surface area contributed by atoms with Gasteiger partial charge in [-0.3, -0.25) is 4.79 Å². The van der Waals surface area contributed by atoms with Gasteiger partial charge >= 0.3 is 0 Å². The molecule has 0 unspecified atom stereocenters. The highest BCUT2D eigenvalue weighted by molar-refractivity contribution is 6.01. The molecule has 90 valence electrons. The van der Waals surface area contributed by atoms with Gasteiger partial charge in [-0.2, -0.15) is 0 Å². The van der Waals surface area contributed by atoms with Crippen LogP contribution in [0, 0.1) is 6.92 Å². The molecule has 2 heteroatoms. The Bertz CT molecular complexity index is 558. The lowest BCUT2D eigenvalue weighted by molar-refractivity contribution is -0.111. The summed E-state index contributed by atoms with van der Waals surface area (Å²) in [5.41, 5.74) is 3.01. The fourth-order valence-corrected chi connectivity index (χ4v) is 1.65. The molecule has 2 rings (SSSR count). The van der Waals surface area contributed by atoms with Gasteiger partial charge in [0.1, 0.15) is 0 Å². The number of anilines is 1. The molecule has 0 heterocycles. The largest absolute Gasteiger partial charge is 0.323 e. The Morgan fingerprint density at radius 1 is 1.06 bits per heavy atom. The molecular weight excluding hydrogens is 222 g/mol. The number of amides is 1. The number of hydrogen-bond donors (Lipinski definition) is 1. The highest BCUT2D eigenvalue weighted by Gasteiger charge is 1.96. The molecule has 0 atom stereocenters. The number of aryl methyl sites for hydroxylation is 1. The van der Waals surface area contributed by atoms with Crippen molar-refractivity contribution < 1.29 is 4.79 Å². The predicted molar refractivity (Wildman–Crippen MR) is 75.3 cm³/mol. The van der Waals surface area contributed by atoms with E-state index in [4.69, 9.17) is 0 Å². The number of rotatable bonds is 3. The minimum atomic E-state index is -0.122. The predicted octanol–water partition coefficient (Wildman–Crippen LogP) is 3.65. The standard InChI is InChI=1S/C16H15NO/c1-13-6-5-7-14(12-13)10-11-16(18)17-15-8-3-2-4-9-15/h2-12H,1H3,(H,17,18)/b11-10-. The zero-order valence-corrected chi connectivity index (χ0v) is 10.3. The second-order valence-corrected chi connectivity index (χ2v) is 4.10. The lowest BCUT2D eigenvalue weighted by atomic mass is 10.1. The Morgan fingerprint density at radius 3 is 2.56 bits per heavy atom. The van der Waals surface area contributed by atoms with Gasteiger partial charge in [0.15, 0.2) is 0 Å². The molecular formula is C16H15NO. The van der Waals surface area contributed by atoms with Gasteiger partial charge in [0.2, 0.25) is 5.91 Å². The summed E-state index contributed by atoms with van der Waals surface area (Å²) in [6, 6.07) is 17.4. The summed E-state index contributed by atoms with van der Waals surface area (Å²) in [4.78, 5) is 11.7. The number of para-hydroxylation sites is 1. The van der Waals surface area contributed by atoms with E-state index in [0.29, 0.717) is 0 Å². The molecule has 2 aromatic rings. The van der Waals surface area contributed by atoms with Crippen LogP contribution in [0.3, 0.4) is 0 Å². The molecule has 0 aliphatic carbocycles. The summed E-state index contributed by atoms with van der Waals surface area (Å²) in [6.45, 7) is 2.03. The maximum absolute atomic E-state index is 11.7. The second-order valence-electron chi connectivity index (χ2n) is 4.10. The van der Waals surface area contributed by atoms with E-state index in [1.165, 1.54) is 5.56 Å². The third kappa shape index (κ3) is 3.59. The highest BCUT2D eigenvalue weighted by Crippen LogP contribution is 2.07. The lowest BCUT2D eigenvalue weighted by Crippen LogP contribution is -2.07. The van der Waals surface area contributed by atoms with E-state index in [1.54, 1.807) is 6.08 Å². The fourth-order valence-electron chi connectivity index (χ4n) is 1.65. The van der Waals surface area contributed by atoms with Crippen molar-refractivity contribution in [3.8, 4) is 0 Å². The van der Waals surface area contributed by atoms with Crippen molar-refractivity contribution in [2.24, 2.45) is 0 Å². The van der Waals surface area contributed by atoms with E-state index >= 15 is 0 Å². The summed E-state index contributed by atoms with van der Waals surface area (Å²) < 4.78 is 0. The Labute approximate surface area is 107 Å². The Hall–Kier alpha value is -2.35.